The largest absolute Gasteiger partial charge is 0.444 e. The molecular formula is C28H30N4O4S. The number of carbonyl (C=O) groups is 3. The summed E-state index contributed by atoms with van der Waals surface area (Å²) in [5.41, 5.74) is 2.18. The SMILES string of the molecule is CC(C)(C)OC(=O)Nc1cccc(CN2C(=O)[C@H](NC(=O)Nc3ccccc3)CSc3ccccc32)c1. The maximum absolute atomic E-state index is 13.7. The molecule has 37 heavy (non-hydrogen) atoms. The lowest BCUT2D eigenvalue weighted by atomic mass is 10.1. The first-order valence-electron chi connectivity index (χ1n) is 11.9. The van der Waals surface area contributed by atoms with Crippen LogP contribution in [0.5, 0.6) is 0 Å². The molecule has 3 N–H and O–H groups in total. The second-order valence-corrected chi connectivity index (χ2v) is 10.6. The number of benzene rings is 3. The minimum absolute atomic E-state index is 0.217. The molecule has 1 aliphatic rings. The van der Waals surface area contributed by atoms with Gasteiger partial charge < -0.3 is 20.3 Å². The van der Waals surface area contributed by atoms with E-state index in [9.17, 15) is 14.4 Å². The van der Waals surface area contributed by atoms with Crippen LogP contribution < -0.4 is 20.9 Å². The van der Waals surface area contributed by atoms with Crippen LogP contribution >= 0.6 is 11.8 Å². The maximum atomic E-state index is 13.7. The molecule has 0 saturated carbocycles. The summed E-state index contributed by atoms with van der Waals surface area (Å²) >= 11 is 1.52. The predicted octanol–water partition coefficient (Wildman–Crippen LogP) is 5.86. The fourth-order valence-electron chi connectivity index (χ4n) is 3.82. The first-order chi connectivity index (χ1) is 17.7. The van der Waals surface area contributed by atoms with E-state index in [4.69, 9.17) is 4.74 Å². The molecule has 9 heteroatoms. The fraction of sp³-hybridized carbons (Fsp3) is 0.250. The summed E-state index contributed by atoms with van der Waals surface area (Å²) < 4.78 is 5.34. The minimum Gasteiger partial charge on any atom is -0.444 e. The number of anilines is 3. The zero-order chi connectivity index (χ0) is 26.4. The van der Waals surface area contributed by atoms with E-state index in [1.807, 2.05) is 60.7 Å². The van der Waals surface area contributed by atoms with E-state index in [1.165, 1.54) is 11.8 Å². The van der Waals surface area contributed by atoms with Gasteiger partial charge in [0.15, 0.2) is 0 Å². The van der Waals surface area contributed by atoms with Gasteiger partial charge in [0.25, 0.3) is 5.91 Å². The van der Waals surface area contributed by atoms with Crippen molar-refractivity contribution in [2.24, 2.45) is 0 Å². The molecule has 1 heterocycles. The predicted molar refractivity (Wildman–Crippen MR) is 147 cm³/mol. The Morgan fingerprint density at radius 3 is 2.41 bits per heavy atom. The van der Waals surface area contributed by atoms with E-state index in [1.54, 1.807) is 43.9 Å². The molecule has 0 spiro atoms. The summed E-state index contributed by atoms with van der Waals surface area (Å²) in [6.45, 7) is 5.66. The van der Waals surface area contributed by atoms with Crippen LogP contribution in [0.3, 0.4) is 0 Å². The quantitative estimate of drug-likeness (QED) is 0.393. The summed E-state index contributed by atoms with van der Waals surface area (Å²) in [4.78, 5) is 41.2. The Balaban J connectivity index is 1.52. The van der Waals surface area contributed by atoms with Gasteiger partial charge in [0.05, 0.1) is 12.2 Å². The van der Waals surface area contributed by atoms with E-state index in [0.29, 0.717) is 17.1 Å². The van der Waals surface area contributed by atoms with Crippen molar-refractivity contribution in [3.8, 4) is 0 Å². The van der Waals surface area contributed by atoms with Crippen LogP contribution in [0, 0.1) is 0 Å². The highest BCUT2D eigenvalue weighted by atomic mass is 32.2. The molecule has 1 atom stereocenters. The third-order valence-electron chi connectivity index (χ3n) is 5.38. The van der Waals surface area contributed by atoms with Gasteiger partial charge in [0, 0.05) is 22.0 Å². The lowest BCUT2D eigenvalue weighted by Crippen LogP contribution is -2.50. The maximum Gasteiger partial charge on any atom is 0.412 e. The van der Waals surface area contributed by atoms with Gasteiger partial charge in [0.1, 0.15) is 11.6 Å². The Kier molecular flexibility index (Phi) is 8.03. The van der Waals surface area contributed by atoms with Crippen LogP contribution in [0.15, 0.2) is 83.8 Å². The average Bonchev–Trinajstić information content (AvgIpc) is 2.96. The number of amides is 4. The van der Waals surface area contributed by atoms with Crippen molar-refractivity contribution < 1.29 is 19.1 Å². The van der Waals surface area contributed by atoms with Crippen LogP contribution in [0.1, 0.15) is 26.3 Å². The normalized spacial score (nSPS) is 15.3. The van der Waals surface area contributed by atoms with Crippen LogP contribution in [-0.4, -0.2) is 35.4 Å². The average molecular weight is 519 g/mol. The van der Waals surface area contributed by atoms with Crippen molar-refractivity contribution in [1.29, 1.82) is 0 Å². The lowest BCUT2D eigenvalue weighted by molar-refractivity contribution is -0.120. The van der Waals surface area contributed by atoms with Gasteiger partial charge in [-0.25, -0.2) is 9.59 Å². The molecule has 0 bridgehead atoms. The molecule has 3 aromatic rings. The number of carbonyl (C=O) groups excluding carboxylic acids is 3. The lowest BCUT2D eigenvalue weighted by Gasteiger charge is -2.26. The number of hydrogen-bond donors (Lipinski definition) is 3. The first-order valence-corrected chi connectivity index (χ1v) is 12.9. The number of fused-ring (bicyclic) bond motifs is 1. The van der Waals surface area contributed by atoms with Crippen molar-refractivity contribution in [3.05, 3.63) is 84.4 Å². The Bertz CT molecular complexity index is 1280. The molecule has 0 aliphatic carbocycles. The highest BCUT2D eigenvalue weighted by Crippen LogP contribution is 2.35. The van der Waals surface area contributed by atoms with Crippen molar-refractivity contribution in [2.45, 2.75) is 43.9 Å². The van der Waals surface area contributed by atoms with E-state index in [2.05, 4.69) is 16.0 Å². The minimum atomic E-state index is -0.732. The van der Waals surface area contributed by atoms with Gasteiger partial charge in [-0.3, -0.25) is 10.1 Å². The van der Waals surface area contributed by atoms with E-state index in [-0.39, 0.29) is 12.5 Å². The van der Waals surface area contributed by atoms with E-state index < -0.39 is 23.8 Å². The molecular weight excluding hydrogens is 488 g/mol. The summed E-state index contributed by atoms with van der Waals surface area (Å²) in [5.74, 6) is 0.181. The number of thioether (sulfide) groups is 1. The monoisotopic (exact) mass is 518 g/mol. The first kappa shape index (κ1) is 26.1. The van der Waals surface area contributed by atoms with Gasteiger partial charge in [0.2, 0.25) is 0 Å². The number of nitrogens with zero attached hydrogens (tertiary/aromatic N) is 1. The van der Waals surface area contributed by atoms with Gasteiger partial charge in [-0.05, 0) is 62.7 Å². The molecule has 8 nitrogen and oxygen atoms in total. The number of nitrogens with one attached hydrogen (secondary N) is 3. The second kappa shape index (κ2) is 11.4. The van der Waals surface area contributed by atoms with Crippen molar-refractivity contribution >= 4 is 46.9 Å². The van der Waals surface area contributed by atoms with E-state index in [0.717, 1.165) is 16.1 Å². The fourth-order valence-corrected chi connectivity index (χ4v) is 4.89. The number of urea groups is 1. The van der Waals surface area contributed by atoms with Gasteiger partial charge in [-0.15, -0.1) is 11.8 Å². The third-order valence-corrected chi connectivity index (χ3v) is 6.53. The molecule has 3 aromatic carbocycles. The molecule has 0 radical (unpaired) electrons. The second-order valence-electron chi connectivity index (χ2n) is 9.55. The van der Waals surface area contributed by atoms with E-state index >= 15 is 0 Å². The van der Waals surface area contributed by atoms with Crippen LogP contribution in [-0.2, 0) is 16.1 Å². The number of ether oxygens (including phenoxy) is 1. The number of rotatable bonds is 5. The molecule has 4 amide bonds. The van der Waals surface area contributed by atoms with Crippen molar-refractivity contribution in [3.63, 3.8) is 0 Å². The Hall–Kier alpha value is -3.98. The molecule has 0 fully saturated rings. The van der Waals surface area contributed by atoms with Gasteiger partial charge >= 0.3 is 12.1 Å². The highest BCUT2D eigenvalue weighted by Gasteiger charge is 2.32. The molecule has 0 aromatic heterocycles. The Labute approximate surface area is 220 Å². The van der Waals surface area contributed by atoms with Crippen LogP contribution in [0.2, 0.25) is 0 Å². The molecule has 0 saturated heterocycles. The number of hydrogen-bond acceptors (Lipinski definition) is 5. The smallest absolute Gasteiger partial charge is 0.412 e. The molecule has 4 rings (SSSR count). The Morgan fingerprint density at radius 2 is 1.65 bits per heavy atom. The van der Waals surface area contributed by atoms with Crippen LogP contribution in [0.4, 0.5) is 26.7 Å². The Morgan fingerprint density at radius 1 is 0.946 bits per heavy atom. The summed E-state index contributed by atoms with van der Waals surface area (Å²) in [6, 6.07) is 22.8. The third kappa shape index (κ3) is 7.27. The zero-order valence-corrected chi connectivity index (χ0v) is 21.8. The number of para-hydroxylation sites is 2. The van der Waals surface area contributed by atoms with Crippen LogP contribution in [0.25, 0.3) is 0 Å². The standard InChI is InChI=1S/C28H30N4O4S/c1-28(2,3)36-27(35)30-21-13-9-10-19(16-21)17-32-23-14-7-8-15-24(23)37-18-22(25(32)33)31-26(34)29-20-11-5-4-6-12-20/h4-16,22H,17-18H2,1-3H3,(H,30,35)(H2,29,31,34)/t22-/m1/s1. The molecule has 0 unspecified atom stereocenters. The zero-order valence-electron chi connectivity index (χ0n) is 21.0. The molecule has 1 aliphatic heterocycles. The van der Waals surface area contributed by atoms with Gasteiger partial charge in [-0.2, -0.15) is 0 Å². The highest BCUT2D eigenvalue weighted by molar-refractivity contribution is 7.99. The van der Waals surface area contributed by atoms with Gasteiger partial charge in [-0.1, -0.05) is 42.5 Å². The summed E-state index contributed by atoms with van der Waals surface area (Å²) in [6.07, 6.45) is -0.550. The summed E-state index contributed by atoms with van der Waals surface area (Å²) in [5, 5.41) is 8.35. The molecule has 192 valence electrons. The van der Waals surface area contributed by atoms with Crippen molar-refractivity contribution in [2.75, 3.05) is 21.3 Å². The topological polar surface area (TPSA) is 99.8 Å². The summed E-state index contributed by atoms with van der Waals surface area (Å²) in [7, 11) is 0. The van der Waals surface area contributed by atoms with Crippen molar-refractivity contribution in [1.82, 2.24) is 5.32 Å².